The molecule has 100 valence electrons. The minimum absolute atomic E-state index is 0.325. The van der Waals surface area contributed by atoms with E-state index in [9.17, 15) is 0 Å². The van der Waals surface area contributed by atoms with E-state index in [1.807, 2.05) is 12.1 Å². The zero-order valence-corrected chi connectivity index (χ0v) is 12.5. The van der Waals surface area contributed by atoms with E-state index in [-0.39, 0.29) is 0 Å². The monoisotopic (exact) mass is 265 g/mol. The second-order valence-corrected chi connectivity index (χ2v) is 6.31. The van der Waals surface area contributed by atoms with Crippen molar-refractivity contribution in [3.63, 3.8) is 0 Å². The molecule has 1 N–H and O–H groups in total. The van der Waals surface area contributed by atoms with Crippen LogP contribution in [0.3, 0.4) is 0 Å². The van der Waals surface area contributed by atoms with Gasteiger partial charge >= 0.3 is 0 Å². The van der Waals surface area contributed by atoms with Crippen LogP contribution in [0.15, 0.2) is 24.3 Å². The summed E-state index contributed by atoms with van der Waals surface area (Å²) in [6, 6.07) is 8.45. The van der Waals surface area contributed by atoms with Crippen molar-refractivity contribution in [1.29, 1.82) is 0 Å². The van der Waals surface area contributed by atoms with Gasteiger partial charge in [-0.1, -0.05) is 50.4 Å². The highest BCUT2D eigenvalue weighted by Gasteiger charge is 2.52. The third kappa shape index (κ3) is 2.31. The molecule has 2 rings (SSSR count). The molecular formula is C16H24ClN. The van der Waals surface area contributed by atoms with Crippen LogP contribution in [0.2, 0.25) is 5.02 Å². The summed E-state index contributed by atoms with van der Waals surface area (Å²) in [5.74, 6) is 0. The van der Waals surface area contributed by atoms with Gasteiger partial charge in [-0.25, -0.2) is 0 Å². The highest BCUT2D eigenvalue weighted by Crippen LogP contribution is 2.58. The molecule has 0 unspecified atom stereocenters. The van der Waals surface area contributed by atoms with Gasteiger partial charge in [0.1, 0.15) is 0 Å². The van der Waals surface area contributed by atoms with Gasteiger partial charge in [0.25, 0.3) is 0 Å². The topological polar surface area (TPSA) is 12.0 Å². The second-order valence-electron chi connectivity index (χ2n) is 5.88. The summed E-state index contributed by atoms with van der Waals surface area (Å²) in [6.07, 6.45) is 5.19. The van der Waals surface area contributed by atoms with Crippen molar-refractivity contribution in [1.82, 2.24) is 5.32 Å². The number of nitrogens with one attached hydrogen (secondary N) is 1. The lowest BCUT2D eigenvalue weighted by molar-refractivity contribution is 0.0140. The van der Waals surface area contributed by atoms with Gasteiger partial charge in [0.05, 0.1) is 0 Å². The van der Waals surface area contributed by atoms with E-state index in [1.165, 1.54) is 31.2 Å². The fourth-order valence-electron chi connectivity index (χ4n) is 3.71. The zero-order valence-electron chi connectivity index (χ0n) is 11.7. The molecular weight excluding hydrogens is 242 g/mol. The summed E-state index contributed by atoms with van der Waals surface area (Å²) in [6.45, 7) is 5.72. The lowest BCUT2D eigenvalue weighted by Gasteiger charge is -2.57. The highest BCUT2D eigenvalue weighted by atomic mass is 35.5. The molecule has 0 saturated heterocycles. The minimum atomic E-state index is 0.325. The average molecular weight is 266 g/mol. The standard InChI is InChI=1S/C16H24ClN/c1-4-15(5-2)10-16(11-15,12-18-3)13-6-8-14(17)9-7-13/h6-9,18H,4-5,10-12H2,1-3H3. The smallest absolute Gasteiger partial charge is 0.0406 e. The van der Waals surface area contributed by atoms with E-state index in [4.69, 9.17) is 11.6 Å². The Morgan fingerprint density at radius 3 is 2.11 bits per heavy atom. The Kier molecular flexibility index (Phi) is 4.03. The van der Waals surface area contributed by atoms with Crippen LogP contribution < -0.4 is 5.32 Å². The van der Waals surface area contributed by atoms with Gasteiger partial charge in [-0.2, -0.15) is 0 Å². The van der Waals surface area contributed by atoms with Crippen molar-refractivity contribution in [3.8, 4) is 0 Å². The largest absolute Gasteiger partial charge is 0.319 e. The summed E-state index contributed by atoms with van der Waals surface area (Å²) in [4.78, 5) is 0. The Morgan fingerprint density at radius 2 is 1.67 bits per heavy atom. The van der Waals surface area contributed by atoms with E-state index in [1.54, 1.807) is 0 Å². The molecule has 1 aromatic carbocycles. The molecule has 0 amide bonds. The van der Waals surface area contributed by atoms with E-state index in [0.29, 0.717) is 10.8 Å². The van der Waals surface area contributed by atoms with Crippen molar-refractivity contribution >= 4 is 11.6 Å². The SMILES string of the molecule is CCC1(CC)CC(CNC)(c2ccc(Cl)cc2)C1. The summed E-state index contributed by atoms with van der Waals surface area (Å²) in [5.41, 5.74) is 2.33. The molecule has 0 spiro atoms. The van der Waals surface area contributed by atoms with Crippen LogP contribution in [0.4, 0.5) is 0 Å². The molecule has 0 atom stereocenters. The first-order valence-electron chi connectivity index (χ1n) is 7.00. The van der Waals surface area contributed by atoms with Crippen LogP contribution in [0, 0.1) is 5.41 Å². The van der Waals surface area contributed by atoms with Crippen LogP contribution in [0.25, 0.3) is 0 Å². The maximum Gasteiger partial charge on any atom is 0.0406 e. The van der Waals surface area contributed by atoms with E-state index in [0.717, 1.165) is 11.6 Å². The van der Waals surface area contributed by atoms with Crippen LogP contribution in [-0.2, 0) is 5.41 Å². The zero-order chi connectivity index (χ0) is 13.2. The predicted octanol–water partition coefficient (Wildman–Crippen LogP) is 4.40. The summed E-state index contributed by atoms with van der Waals surface area (Å²) in [7, 11) is 2.05. The van der Waals surface area contributed by atoms with Gasteiger partial charge in [-0.15, -0.1) is 0 Å². The molecule has 1 nitrogen and oxygen atoms in total. The molecule has 1 saturated carbocycles. The van der Waals surface area contributed by atoms with Crippen LogP contribution in [-0.4, -0.2) is 13.6 Å². The Bertz CT molecular complexity index is 384. The maximum atomic E-state index is 5.99. The second kappa shape index (κ2) is 5.22. The average Bonchev–Trinajstić information content (AvgIpc) is 2.35. The molecule has 0 radical (unpaired) electrons. The first kappa shape index (κ1) is 13.9. The first-order chi connectivity index (χ1) is 8.60. The third-order valence-corrected chi connectivity index (χ3v) is 5.15. The van der Waals surface area contributed by atoms with Crippen molar-refractivity contribution in [2.24, 2.45) is 5.41 Å². The molecule has 2 heteroatoms. The molecule has 1 aromatic rings. The molecule has 0 bridgehead atoms. The highest BCUT2D eigenvalue weighted by molar-refractivity contribution is 6.30. The van der Waals surface area contributed by atoms with Crippen molar-refractivity contribution in [3.05, 3.63) is 34.9 Å². The Morgan fingerprint density at radius 1 is 1.11 bits per heavy atom. The minimum Gasteiger partial charge on any atom is -0.319 e. The first-order valence-corrected chi connectivity index (χ1v) is 7.38. The lowest BCUT2D eigenvalue weighted by atomic mass is 9.48. The molecule has 0 aliphatic heterocycles. The number of hydrogen-bond acceptors (Lipinski definition) is 1. The molecule has 1 fully saturated rings. The summed E-state index contributed by atoms with van der Waals surface area (Å²) < 4.78 is 0. The summed E-state index contributed by atoms with van der Waals surface area (Å²) in [5, 5.41) is 4.21. The van der Waals surface area contributed by atoms with Gasteiger partial charge in [-0.3, -0.25) is 0 Å². The fourth-order valence-corrected chi connectivity index (χ4v) is 3.83. The number of benzene rings is 1. The van der Waals surface area contributed by atoms with Gasteiger partial charge in [-0.05, 0) is 43.0 Å². The number of hydrogen-bond donors (Lipinski definition) is 1. The van der Waals surface area contributed by atoms with Gasteiger partial charge < -0.3 is 5.32 Å². The number of likely N-dealkylation sites (N-methyl/N-ethyl adjacent to an activating group) is 1. The van der Waals surface area contributed by atoms with E-state index in [2.05, 4.69) is 38.3 Å². The van der Waals surface area contributed by atoms with Gasteiger partial charge in [0.15, 0.2) is 0 Å². The Labute approximate surface area is 116 Å². The maximum absolute atomic E-state index is 5.99. The van der Waals surface area contributed by atoms with Gasteiger partial charge in [0, 0.05) is 17.0 Å². The normalized spacial score (nSPS) is 20.4. The summed E-state index contributed by atoms with van der Waals surface area (Å²) >= 11 is 5.99. The van der Waals surface area contributed by atoms with Crippen molar-refractivity contribution in [2.75, 3.05) is 13.6 Å². The molecule has 0 aromatic heterocycles. The molecule has 1 aliphatic carbocycles. The van der Waals surface area contributed by atoms with Crippen LogP contribution in [0.5, 0.6) is 0 Å². The molecule has 0 heterocycles. The van der Waals surface area contributed by atoms with Crippen LogP contribution in [0.1, 0.15) is 45.1 Å². The van der Waals surface area contributed by atoms with Crippen LogP contribution >= 0.6 is 11.6 Å². The van der Waals surface area contributed by atoms with E-state index >= 15 is 0 Å². The molecule has 1 aliphatic rings. The third-order valence-electron chi connectivity index (χ3n) is 4.90. The molecule has 18 heavy (non-hydrogen) atoms. The number of halogens is 1. The fraction of sp³-hybridized carbons (Fsp3) is 0.625. The van der Waals surface area contributed by atoms with Crippen molar-refractivity contribution in [2.45, 2.75) is 44.9 Å². The Hall–Kier alpha value is -0.530. The quantitative estimate of drug-likeness (QED) is 0.832. The number of rotatable bonds is 5. The predicted molar refractivity (Wildman–Crippen MR) is 79.3 cm³/mol. The Balaban J connectivity index is 2.23. The lowest BCUT2D eigenvalue weighted by Crippen LogP contribution is -2.53. The van der Waals surface area contributed by atoms with E-state index < -0.39 is 0 Å². The van der Waals surface area contributed by atoms with Crippen molar-refractivity contribution < 1.29 is 0 Å². The van der Waals surface area contributed by atoms with Gasteiger partial charge in [0.2, 0.25) is 0 Å².